The van der Waals surface area contributed by atoms with E-state index in [4.69, 9.17) is 9.47 Å². The fourth-order valence-electron chi connectivity index (χ4n) is 1.59. The van der Waals surface area contributed by atoms with Gasteiger partial charge in [0.15, 0.2) is 0 Å². The zero-order valence-electron chi connectivity index (χ0n) is 14.7. The van der Waals surface area contributed by atoms with Crippen molar-refractivity contribution in [2.75, 3.05) is 40.4 Å². The number of esters is 2. The van der Waals surface area contributed by atoms with Gasteiger partial charge in [-0.3, -0.25) is 9.59 Å². The summed E-state index contributed by atoms with van der Waals surface area (Å²) in [5.41, 5.74) is 0. The van der Waals surface area contributed by atoms with E-state index in [9.17, 15) is 19.2 Å². The number of likely N-dealkylation sites (N-methyl/N-ethyl adjacent to an activating group) is 2. The van der Waals surface area contributed by atoms with Crippen LogP contribution in [0.4, 0.5) is 0 Å². The summed E-state index contributed by atoms with van der Waals surface area (Å²) < 4.78 is 9.73. The lowest BCUT2D eigenvalue weighted by Crippen LogP contribution is -2.30. The van der Waals surface area contributed by atoms with Crippen molar-refractivity contribution in [2.24, 2.45) is 0 Å². The molecule has 0 aliphatic carbocycles. The maximum Gasteiger partial charge on any atom is 0.331 e. The molecule has 0 spiro atoms. The van der Waals surface area contributed by atoms with E-state index in [0.29, 0.717) is 12.8 Å². The van der Waals surface area contributed by atoms with Gasteiger partial charge in [0.1, 0.15) is 13.2 Å². The molecule has 0 rings (SSSR count). The van der Waals surface area contributed by atoms with Crippen LogP contribution < -0.4 is 0 Å². The first-order valence-corrected chi connectivity index (χ1v) is 7.81. The van der Waals surface area contributed by atoms with E-state index < -0.39 is 11.9 Å². The highest BCUT2D eigenvalue weighted by Gasteiger charge is 2.08. The number of ether oxygens (including phenoxy) is 2. The monoisotopic (exact) mass is 342 g/mol. The molecule has 0 fully saturated rings. The number of hydrogen-bond acceptors (Lipinski definition) is 6. The highest BCUT2D eigenvalue weighted by Crippen LogP contribution is 1.93. The molecule has 0 unspecified atom stereocenters. The van der Waals surface area contributed by atoms with Crippen molar-refractivity contribution in [3.8, 4) is 0 Å². The topological polar surface area (TPSA) is 93.2 Å². The molecule has 136 valence electrons. The molecular weight excluding hydrogens is 316 g/mol. The molecule has 2 amide bonds. The normalized spacial score (nSPS) is 10.3. The van der Waals surface area contributed by atoms with E-state index in [0.717, 1.165) is 12.2 Å². The minimum absolute atomic E-state index is 0.0447. The molecular formula is C16H26N2O6. The Kier molecular flexibility index (Phi) is 10.9. The zero-order chi connectivity index (χ0) is 18.5. The Morgan fingerprint density at radius 2 is 1.08 bits per heavy atom. The van der Waals surface area contributed by atoms with E-state index in [1.807, 2.05) is 0 Å². The van der Waals surface area contributed by atoms with Gasteiger partial charge in [0.2, 0.25) is 11.8 Å². The predicted octanol–water partition coefficient (Wildman–Crippen LogP) is 0.366. The fourth-order valence-corrected chi connectivity index (χ4v) is 1.59. The maximum atomic E-state index is 11.4. The predicted molar refractivity (Wildman–Crippen MR) is 86.9 cm³/mol. The van der Waals surface area contributed by atoms with Gasteiger partial charge in [0.25, 0.3) is 0 Å². The molecule has 0 aromatic rings. The van der Waals surface area contributed by atoms with E-state index in [1.165, 1.54) is 9.80 Å². The largest absolute Gasteiger partial charge is 0.461 e. The molecule has 24 heavy (non-hydrogen) atoms. The van der Waals surface area contributed by atoms with Crippen LogP contribution in [-0.4, -0.2) is 74.0 Å². The molecule has 0 aliphatic rings. The molecule has 0 N–H and O–H groups in total. The molecule has 8 nitrogen and oxygen atoms in total. The van der Waals surface area contributed by atoms with E-state index in [1.54, 1.807) is 27.9 Å². The third-order valence-corrected chi connectivity index (χ3v) is 3.15. The number of carbonyl (C=O) groups excluding carboxylic acids is 4. The molecule has 0 aromatic carbocycles. The van der Waals surface area contributed by atoms with E-state index >= 15 is 0 Å². The van der Waals surface area contributed by atoms with Crippen LogP contribution in [0.3, 0.4) is 0 Å². The molecule has 0 aliphatic heterocycles. The molecule has 0 radical (unpaired) electrons. The Balaban J connectivity index is 3.94. The Bertz CT molecular complexity index is 433. The van der Waals surface area contributed by atoms with Crippen LogP contribution in [0.25, 0.3) is 0 Å². The minimum Gasteiger partial charge on any atom is -0.461 e. The summed E-state index contributed by atoms with van der Waals surface area (Å²) in [6.45, 7) is 4.15. The van der Waals surface area contributed by atoms with Crippen LogP contribution in [-0.2, 0) is 28.7 Å². The summed E-state index contributed by atoms with van der Waals surface area (Å²) in [5.74, 6) is -1.47. The molecule has 0 aromatic heterocycles. The van der Waals surface area contributed by atoms with Crippen LogP contribution in [0.15, 0.2) is 12.2 Å². The molecule has 8 heteroatoms. The van der Waals surface area contributed by atoms with E-state index in [-0.39, 0.29) is 38.1 Å². The number of amides is 2. The second-order valence-electron chi connectivity index (χ2n) is 5.01. The van der Waals surface area contributed by atoms with Crippen molar-refractivity contribution in [3.63, 3.8) is 0 Å². The van der Waals surface area contributed by atoms with Gasteiger partial charge in [0.05, 0.1) is 13.1 Å². The molecule has 0 atom stereocenters. The summed E-state index contributed by atoms with van der Waals surface area (Å²) >= 11 is 0. The number of nitrogens with zero attached hydrogens (tertiary/aromatic N) is 2. The fraction of sp³-hybridized carbons (Fsp3) is 0.625. The van der Waals surface area contributed by atoms with Crippen LogP contribution >= 0.6 is 0 Å². The first kappa shape index (κ1) is 21.6. The van der Waals surface area contributed by atoms with Gasteiger partial charge in [-0.15, -0.1) is 0 Å². The minimum atomic E-state index is -0.692. The van der Waals surface area contributed by atoms with E-state index in [2.05, 4.69) is 0 Å². The second kappa shape index (κ2) is 12.1. The highest BCUT2D eigenvalue weighted by atomic mass is 16.5. The Labute approximate surface area is 142 Å². The van der Waals surface area contributed by atoms with Crippen molar-refractivity contribution in [1.29, 1.82) is 0 Å². The highest BCUT2D eigenvalue weighted by molar-refractivity contribution is 5.91. The molecule has 0 saturated heterocycles. The molecule has 0 heterocycles. The summed E-state index contributed by atoms with van der Waals surface area (Å²) in [5, 5.41) is 0. The first-order chi connectivity index (χ1) is 11.3. The van der Waals surface area contributed by atoms with Crippen LogP contribution in [0.1, 0.15) is 26.7 Å². The standard InChI is InChI=1S/C16H26N2O6/c1-5-13(19)17(3)9-11-23-15(21)7-8-16(22)24-12-10-18(4)14(20)6-2/h7-8H,5-6,9-12H2,1-4H3/b8-7+. The van der Waals surface area contributed by atoms with Crippen molar-refractivity contribution < 1.29 is 28.7 Å². The second-order valence-corrected chi connectivity index (χ2v) is 5.01. The van der Waals surface area contributed by atoms with Gasteiger partial charge in [-0.05, 0) is 0 Å². The number of carbonyl (C=O) groups is 4. The molecule has 0 bridgehead atoms. The zero-order valence-corrected chi connectivity index (χ0v) is 14.7. The average molecular weight is 342 g/mol. The van der Waals surface area contributed by atoms with Crippen LogP contribution in [0.2, 0.25) is 0 Å². The van der Waals surface area contributed by atoms with Gasteiger partial charge >= 0.3 is 11.9 Å². The van der Waals surface area contributed by atoms with Gasteiger partial charge in [0, 0.05) is 39.1 Å². The SMILES string of the molecule is CCC(=O)N(C)CCOC(=O)/C=C/C(=O)OCCN(C)C(=O)CC. The Hall–Kier alpha value is -2.38. The van der Waals surface area contributed by atoms with Crippen molar-refractivity contribution in [2.45, 2.75) is 26.7 Å². The smallest absolute Gasteiger partial charge is 0.331 e. The summed E-state index contributed by atoms with van der Waals surface area (Å²) in [6.07, 6.45) is 2.69. The van der Waals surface area contributed by atoms with Gasteiger partial charge in [-0.25, -0.2) is 9.59 Å². The third kappa shape index (κ3) is 9.60. The van der Waals surface area contributed by atoms with Gasteiger partial charge in [-0.2, -0.15) is 0 Å². The third-order valence-electron chi connectivity index (χ3n) is 3.15. The number of hydrogen-bond donors (Lipinski definition) is 0. The Morgan fingerprint density at radius 1 is 0.750 bits per heavy atom. The summed E-state index contributed by atoms with van der Waals surface area (Å²) in [6, 6.07) is 0. The van der Waals surface area contributed by atoms with Crippen molar-refractivity contribution >= 4 is 23.8 Å². The average Bonchev–Trinajstić information content (AvgIpc) is 2.57. The van der Waals surface area contributed by atoms with Crippen LogP contribution in [0.5, 0.6) is 0 Å². The summed E-state index contributed by atoms with van der Waals surface area (Å²) in [4.78, 5) is 48.3. The first-order valence-electron chi connectivity index (χ1n) is 7.81. The Morgan fingerprint density at radius 3 is 1.38 bits per heavy atom. The van der Waals surface area contributed by atoms with Gasteiger partial charge < -0.3 is 19.3 Å². The number of rotatable bonds is 10. The lowest BCUT2D eigenvalue weighted by Gasteiger charge is -2.15. The summed E-state index contributed by atoms with van der Waals surface area (Å²) in [7, 11) is 3.24. The lowest BCUT2D eigenvalue weighted by atomic mass is 10.4. The van der Waals surface area contributed by atoms with Crippen molar-refractivity contribution in [3.05, 3.63) is 12.2 Å². The maximum absolute atomic E-state index is 11.4. The van der Waals surface area contributed by atoms with Crippen LogP contribution in [0, 0.1) is 0 Å². The van der Waals surface area contributed by atoms with Crippen molar-refractivity contribution in [1.82, 2.24) is 9.80 Å². The lowest BCUT2D eigenvalue weighted by molar-refractivity contribution is -0.142. The molecule has 0 saturated carbocycles. The van der Waals surface area contributed by atoms with Gasteiger partial charge in [-0.1, -0.05) is 13.8 Å². The quantitative estimate of drug-likeness (QED) is 0.420.